The fraction of sp³-hybridized carbons (Fsp3) is 0.333. The van der Waals surface area contributed by atoms with Crippen LogP contribution >= 0.6 is 0 Å². The molecule has 0 unspecified atom stereocenters. The monoisotopic (exact) mass is 292 g/mol. The van der Waals surface area contributed by atoms with E-state index in [1.807, 2.05) is 0 Å². The summed E-state index contributed by atoms with van der Waals surface area (Å²) >= 11 is 0. The van der Waals surface area contributed by atoms with Crippen LogP contribution in [0, 0.1) is 0 Å². The Morgan fingerprint density at radius 2 is 1.86 bits per heavy atom. The van der Waals surface area contributed by atoms with Crippen molar-refractivity contribution >= 4 is 22.9 Å². The predicted octanol–water partition coefficient (Wildman–Crippen LogP) is 2.88. The van der Waals surface area contributed by atoms with Crippen LogP contribution in [-0.4, -0.2) is 29.8 Å². The first-order chi connectivity index (χ1) is 9.73. The fourth-order valence-electron chi connectivity index (χ4n) is 1.78. The van der Waals surface area contributed by atoms with Crippen LogP contribution in [0.4, 0.5) is 0 Å². The zero-order valence-electron chi connectivity index (χ0n) is 12.2. The van der Waals surface area contributed by atoms with Crippen LogP contribution in [0.3, 0.4) is 0 Å². The highest BCUT2D eigenvalue weighted by Crippen LogP contribution is 2.33. The van der Waals surface area contributed by atoms with Gasteiger partial charge in [0.1, 0.15) is 11.2 Å². The molecule has 6 nitrogen and oxygen atoms in total. The number of methoxy groups -OCH3 is 1. The highest BCUT2D eigenvalue weighted by molar-refractivity contribution is 6.01. The lowest BCUT2D eigenvalue weighted by molar-refractivity contribution is 0.00694. The number of benzene rings is 1. The van der Waals surface area contributed by atoms with Gasteiger partial charge in [0.2, 0.25) is 0 Å². The first-order valence-corrected chi connectivity index (χ1v) is 6.30. The van der Waals surface area contributed by atoms with E-state index >= 15 is 0 Å². The van der Waals surface area contributed by atoms with E-state index in [0.717, 1.165) is 0 Å². The summed E-state index contributed by atoms with van der Waals surface area (Å²) in [4.78, 5) is 23.4. The largest absolute Gasteiger partial charge is 0.504 e. The van der Waals surface area contributed by atoms with Gasteiger partial charge < -0.3 is 19.0 Å². The van der Waals surface area contributed by atoms with Crippen LogP contribution in [0.5, 0.6) is 5.75 Å². The Balaban J connectivity index is 2.43. The molecule has 1 aromatic carbocycles. The zero-order valence-corrected chi connectivity index (χ0v) is 12.2. The quantitative estimate of drug-likeness (QED) is 0.856. The fourth-order valence-corrected chi connectivity index (χ4v) is 1.78. The number of esters is 2. The lowest BCUT2D eigenvalue weighted by atomic mass is 10.1. The van der Waals surface area contributed by atoms with Crippen molar-refractivity contribution in [2.45, 2.75) is 26.4 Å². The Bertz CT molecular complexity index is 705. The topological polar surface area (TPSA) is 86.0 Å². The molecule has 0 aliphatic rings. The van der Waals surface area contributed by atoms with Gasteiger partial charge in [-0.05, 0) is 39.0 Å². The van der Waals surface area contributed by atoms with Gasteiger partial charge in [-0.1, -0.05) is 0 Å². The first kappa shape index (κ1) is 14.9. The molecule has 0 saturated carbocycles. The van der Waals surface area contributed by atoms with E-state index in [1.165, 1.54) is 25.3 Å². The van der Waals surface area contributed by atoms with E-state index in [1.54, 1.807) is 20.8 Å². The van der Waals surface area contributed by atoms with E-state index in [-0.39, 0.29) is 22.7 Å². The summed E-state index contributed by atoms with van der Waals surface area (Å²) in [6, 6.07) is 4.39. The van der Waals surface area contributed by atoms with Crippen molar-refractivity contribution in [3.8, 4) is 5.75 Å². The normalized spacial score (nSPS) is 11.4. The van der Waals surface area contributed by atoms with Gasteiger partial charge in [0, 0.05) is 0 Å². The minimum Gasteiger partial charge on any atom is -0.504 e. The molecule has 1 heterocycles. The summed E-state index contributed by atoms with van der Waals surface area (Å²) in [5.41, 5.74) is -0.145. The van der Waals surface area contributed by atoms with Crippen molar-refractivity contribution in [1.82, 2.24) is 0 Å². The third-order valence-corrected chi connectivity index (χ3v) is 2.67. The molecule has 0 bridgehead atoms. The number of aromatic hydroxyl groups is 1. The molecular weight excluding hydrogens is 276 g/mol. The summed E-state index contributed by atoms with van der Waals surface area (Å²) < 4.78 is 15.0. The third-order valence-electron chi connectivity index (χ3n) is 2.67. The van der Waals surface area contributed by atoms with Gasteiger partial charge in [0.25, 0.3) is 5.76 Å². The van der Waals surface area contributed by atoms with Gasteiger partial charge in [0.05, 0.1) is 18.1 Å². The number of carbonyl (C=O) groups is 2. The number of hydrogen-bond acceptors (Lipinski definition) is 6. The van der Waals surface area contributed by atoms with E-state index in [2.05, 4.69) is 4.74 Å². The molecule has 2 aromatic rings. The molecule has 1 aromatic heterocycles. The van der Waals surface area contributed by atoms with Crippen molar-refractivity contribution in [1.29, 1.82) is 0 Å². The smallest absolute Gasteiger partial charge is 0.377 e. The van der Waals surface area contributed by atoms with Gasteiger partial charge in [-0.3, -0.25) is 0 Å². The Hall–Kier alpha value is -2.50. The maximum atomic E-state index is 12.0. The Morgan fingerprint density at radius 3 is 2.43 bits per heavy atom. The molecule has 0 saturated heterocycles. The second kappa shape index (κ2) is 5.12. The molecule has 0 aliphatic heterocycles. The lowest BCUT2D eigenvalue weighted by Crippen LogP contribution is -2.23. The van der Waals surface area contributed by atoms with Crippen LogP contribution in [0.15, 0.2) is 22.6 Å². The summed E-state index contributed by atoms with van der Waals surface area (Å²) in [6.45, 7) is 5.28. The molecule has 112 valence electrons. The Morgan fingerprint density at radius 1 is 1.19 bits per heavy atom. The molecule has 0 fully saturated rings. The van der Waals surface area contributed by atoms with E-state index in [9.17, 15) is 14.7 Å². The SMILES string of the molecule is COC(=O)c1oc2cc(C(=O)OC(C)(C)C)ccc2c1O. The number of carbonyl (C=O) groups excluding carboxylic acids is 2. The number of furan rings is 1. The summed E-state index contributed by atoms with van der Waals surface area (Å²) in [5, 5.41) is 10.2. The van der Waals surface area contributed by atoms with Crippen LogP contribution in [0.1, 0.15) is 41.7 Å². The average molecular weight is 292 g/mol. The number of rotatable bonds is 2. The van der Waals surface area contributed by atoms with Crippen molar-refractivity contribution in [2.75, 3.05) is 7.11 Å². The number of hydrogen-bond donors (Lipinski definition) is 1. The minimum absolute atomic E-state index is 0.205. The highest BCUT2D eigenvalue weighted by Gasteiger charge is 2.23. The second-order valence-corrected chi connectivity index (χ2v) is 5.48. The molecule has 2 rings (SSSR count). The molecular formula is C15H16O6. The van der Waals surface area contributed by atoms with Crippen molar-refractivity contribution in [2.24, 2.45) is 0 Å². The lowest BCUT2D eigenvalue weighted by Gasteiger charge is -2.19. The maximum Gasteiger partial charge on any atom is 0.377 e. The Kier molecular flexibility index (Phi) is 3.63. The standard InChI is InChI=1S/C15H16O6/c1-15(2,3)21-13(17)8-5-6-9-10(7-8)20-12(11(9)16)14(18)19-4/h5-7,16H,1-4H3. The van der Waals surface area contributed by atoms with Gasteiger partial charge in [0.15, 0.2) is 5.75 Å². The van der Waals surface area contributed by atoms with E-state index in [4.69, 9.17) is 9.15 Å². The summed E-state index contributed by atoms with van der Waals surface area (Å²) in [7, 11) is 1.18. The van der Waals surface area contributed by atoms with E-state index in [0.29, 0.717) is 5.39 Å². The highest BCUT2D eigenvalue weighted by atomic mass is 16.6. The molecule has 21 heavy (non-hydrogen) atoms. The first-order valence-electron chi connectivity index (χ1n) is 6.30. The number of ether oxygens (including phenoxy) is 2. The van der Waals surface area contributed by atoms with Crippen LogP contribution < -0.4 is 0 Å². The maximum absolute atomic E-state index is 12.0. The molecule has 1 N–H and O–H groups in total. The minimum atomic E-state index is -0.789. The van der Waals surface area contributed by atoms with Crippen molar-refractivity contribution in [3.63, 3.8) is 0 Å². The predicted molar refractivity (Wildman–Crippen MR) is 74.4 cm³/mol. The molecule has 0 aliphatic carbocycles. The van der Waals surface area contributed by atoms with Crippen molar-refractivity contribution in [3.05, 3.63) is 29.5 Å². The number of fused-ring (bicyclic) bond motifs is 1. The van der Waals surface area contributed by atoms with Crippen LogP contribution in [-0.2, 0) is 9.47 Å². The zero-order chi connectivity index (χ0) is 15.8. The molecule has 0 atom stereocenters. The summed E-state index contributed by atoms with van der Waals surface area (Å²) in [5.74, 6) is -1.91. The summed E-state index contributed by atoms with van der Waals surface area (Å²) in [6.07, 6.45) is 0. The molecule has 0 spiro atoms. The molecule has 6 heteroatoms. The van der Waals surface area contributed by atoms with Gasteiger partial charge in [-0.25, -0.2) is 9.59 Å². The van der Waals surface area contributed by atoms with Crippen LogP contribution in [0.25, 0.3) is 11.0 Å². The average Bonchev–Trinajstić information content (AvgIpc) is 2.73. The van der Waals surface area contributed by atoms with Crippen molar-refractivity contribution < 1.29 is 28.6 Å². The van der Waals surface area contributed by atoms with E-state index < -0.39 is 17.5 Å². The Labute approximate surface area is 121 Å². The molecule has 0 amide bonds. The second-order valence-electron chi connectivity index (χ2n) is 5.48. The van der Waals surface area contributed by atoms with Gasteiger partial charge in [-0.2, -0.15) is 0 Å². The van der Waals surface area contributed by atoms with Gasteiger partial charge in [-0.15, -0.1) is 0 Å². The van der Waals surface area contributed by atoms with Gasteiger partial charge >= 0.3 is 11.9 Å². The van der Waals surface area contributed by atoms with Crippen LogP contribution in [0.2, 0.25) is 0 Å². The molecule has 0 radical (unpaired) electrons. The third kappa shape index (κ3) is 2.99.